The molecule has 0 aliphatic heterocycles. The van der Waals surface area contributed by atoms with Gasteiger partial charge in [-0.2, -0.15) is 0 Å². The number of H-pyrrole nitrogens is 1. The molecule has 2 atom stereocenters. The molecule has 0 amide bonds. The molecule has 3 heterocycles. The molecule has 0 radical (unpaired) electrons. The van der Waals surface area contributed by atoms with E-state index >= 15 is 0 Å². The zero-order chi connectivity index (χ0) is 19.0. The van der Waals surface area contributed by atoms with Gasteiger partial charge in [0.2, 0.25) is 0 Å². The van der Waals surface area contributed by atoms with Crippen LogP contribution in [0.25, 0.3) is 22.4 Å². The van der Waals surface area contributed by atoms with Crippen molar-refractivity contribution in [1.82, 2.24) is 24.8 Å². The Bertz CT molecular complexity index is 951. The summed E-state index contributed by atoms with van der Waals surface area (Å²) in [5.41, 5.74) is 2.66. The predicted molar refractivity (Wildman–Crippen MR) is 105 cm³/mol. The second-order valence-corrected chi connectivity index (χ2v) is 7.57. The van der Waals surface area contributed by atoms with Crippen LogP contribution in [0.5, 0.6) is 0 Å². The first kappa shape index (κ1) is 17.9. The number of fused-ring (bicyclic) bond motifs is 1. The number of halogens is 1. The van der Waals surface area contributed by atoms with Crippen LogP contribution in [0, 0.1) is 12.7 Å². The van der Waals surface area contributed by atoms with E-state index in [1.165, 1.54) is 12.6 Å². The molecule has 6 nitrogen and oxygen atoms in total. The van der Waals surface area contributed by atoms with Gasteiger partial charge >= 0.3 is 0 Å². The Balaban J connectivity index is 1.68. The zero-order valence-electron chi connectivity index (χ0n) is 16.0. The van der Waals surface area contributed by atoms with Gasteiger partial charge in [-0.3, -0.25) is 0 Å². The third-order valence-electron chi connectivity index (χ3n) is 5.37. The Morgan fingerprint density at radius 3 is 2.81 bits per heavy atom. The molecule has 0 unspecified atom stereocenters. The minimum Gasteiger partial charge on any atom is -0.363 e. The van der Waals surface area contributed by atoms with Crippen LogP contribution in [0.4, 0.5) is 10.2 Å². The van der Waals surface area contributed by atoms with Gasteiger partial charge in [0.25, 0.3) is 0 Å². The Morgan fingerprint density at radius 1 is 1.19 bits per heavy atom. The highest BCUT2D eigenvalue weighted by Gasteiger charge is 2.28. The normalized spacial score (nSPS) is 20.3. The van der Waals surface area contributed by atoms with Crippen molar-refractivity contribution in [2.75, 3.05) is 19.4 Å². The van der Waals surface area contributed by atoms with Gasteiger partial charge in [-0.1, -0.05) is 12.8 Å². The first-order valence-electron chi connectivity index (χ1n) is 9.42. The van der Waals surface area contributed by atoms with Crippen LogP contribution in [-0.2, 0) is 0 Å². The van der Waals surface area contributed by atoms with Gasteiger partial charge in [0, 0.05) is 35.4 Å². The van der Waals surface area contributed by atoms with Gasteiger partial charge in [-0.05, 0) is 45.5 Å². The lowest BCUT2D eigenvalue weighted by atomic mass is 9.89. The third-order valence-corrected chi connectivity index (χ3v) is 5.37. The number of aromatic nitrogens is 4. The smallest absolute Gasteiger partial charge is 0.183 e. The lowest BCUT2D eigenvalue weighted by Gasteiger charge is -2.36. The van der Waals surface area contributed by atoms with Crippen molar-refractivity contribution >= 4 is 16.9 Å². The quantitative estimate of drug-likeness (QED) is 0.734. The lowest BCUT2D eigenvalue weighted by Crippen LogP contribution is -2.45. The van der Waals surface area contributed by atoms with Gasteiger partial charge in [-0.25, -0.2) is 19.3 Å². The number of aryl methyl sites for hydroxylation is 1. The molecule has 7 heteroatoms. The monoisotopic (exact) mass is 368 g/mol. The molecule has 3 aromatic heterocycles. The molecule has 1 fully saturated rings. The fourth-order valence-electron chi connectivity index (χ4n) is 3.96. The van der Waals surface area contributed by atoms with Crippen LogP contribution in [-0.4, -0.2) is 51.0 Å². The summed E-state index contributed by atoms with van der Waals surface area (Å²) >= 11 is 0. The molecule has 0 aromatic carbocycles. The van der Waals surface area contributed by atoms with E-state index < -0.39 is 5.82 Å². The van der Waals surface area contributed by atoms with Crippen molar-refractivity contribution in [2.24, 2.45) is 0 Å². The molecule has 0 bridgehead atoms. The number of rotatable bonds is 4. The summed E-state index contributed by atoms with van der Waals surface area (Å²) in [6, 6.07) is 2.59. The molecule has 0 saturated heterocycles. The van der Waals surface area contributed by atoms with E-state index in [0.29, 0.717) is 11.9 Å². The highest BCUT2D eigenvalue weighted by molar-refractivity contribution is 5.92. The van der Waals surface area contributed by atoms with E-state index in [9.17, 15) is 4.39 Å². The summed E-state index contributed by atoms with van der Waals surface area (Å²) in [4.78, 5) is 18.5. The maximum Gasteiger partial charge on any atom is 0.183 e. The predicted octanol–water partition coefficient (Wildman–Crippen LogP) is 3.75. The van der Waals surface area contributed by atoms with E-state index in [1.807, 2.05) is 25.4 Å². The van der Waals surface area contributed by atoms with E-state index in [4.69, 9.17) is 0 Å². The van der Waals surface area contributed by atoms with Gasteiger partial charge in [0.1, 0.15) is 5.65 Å². The molecule has 3 aromatic rings. The number of anilines is 1. The third kappa shape index (κ3) is 3.51. The van der Waals surface area contributed by atoms with E-state index in [0.717, 1.165) is 41.4 Å². The molecule has 1 aliphatic rings. The molecular weight excluding hydrogens is 343 g/mol. The summed E-state index contributed by atoms with van der Waals surface area (Å²) in [5.74, 6) is 0.347. The Morgan fingerprint density at radius 2 is 2.00 bits per heavy atom. The second kappa shape index (κ2) is 7.23. The Hall–Kier alpha value is -2.54. The van der Waals surface area contributed by atoms with E-state index in [2.05, 4.69) is 44.2 Å². The van der Waals surface area contributed by atoms with Crippen LogP contribution in [0.15, 0.2) is 24.7 Å². The molecule has 1 saturated carbocycles. The summed E-state index contributed by atoms with van der Waals surface area (Å²) in [6.45, 7) is 1.99. The lowest BCUT2D eigenvalue weighted by molar-refractivity contribution is 0.211. The first-order valence-corrected chi connectivity index (χ1v) is 9.42. The average Bonchev–Trinajstić information content (AvgIpc) is 3.07. The van der Waals surface area contributed by atoms with Crippen LogP contribution < -0.4 is 5.32 Å². The zero-order valence-corrected chi connectivity index (χ0v) is 16.0. The molecule has 4 rings (SSSR count). The minimum atomic E-state index is -0.420. The number of likely N-dealkylation sites (N-methyl/N-ethyl adjacent to an activating group) is 1. The van der Waals surface area contributed by atoms with Crippen molar-refractivity contribution in [2.45, 2.75) is 44.7 Å². The largest absolute Gasteiger partial charge is 0.363 e. The Labute approximate surface area is 158 Å². The van der Waals surface area contributed by atoms with E-state index in [-0.39, 0.29) is 11.9 Å². The summed E-state index contributed by atoms with van der Waals surface area (Å²) in [7, 11) is 4.15. The standard InChI is InChI=1S/C20H25FN6/c1-12-8-13-14(10-23-18(13)22-9-12)19-24-11-15(21)20(26-19)25-16-6-4-5-7-17(16)27(2)3/h8-11,16-17H,4-7H2,1-3H3,(H,22,23)(H,24,25,26)/t16-,17-/m0/s1. The van der Waals surface area contributed by atoms with Crippen molar-refractivity contribution in [1.29, 1.82) is 0 Å². The summed E-state index contributed by atoms with van der Waals surface area (Å²) in [5, 5.41) is 4.29. The topological polar surface area (TPSA) is 69.7 Å². The van der Waals surface area contributed by atoms with Gasteiger partial charge in [0.15, 0.2) is 17.5 Å². The Kier molecular flexibility index (Phi) is 4.78. The number of aromatic amines is 1. The number of nitrogens with one attached hydrogen (secondary N) is 2. The van der Waals surface area contributed by atoms with Crippen LogP contribution >= 0.6 is 0 Å². The first-order chi connectivity index (χ1) is 13.0. The fraction of sp³-hybridized carbons (Fsp3) is 0.450. The number of hydrogen-bond acceptors (Lipinski definition) is 5. The second-order valence-electron chi connectivity index (χ2n) is 7.57. The number of nitrogens with zero attached hydrogens (tertiary/aromatic N) is 4. The molecule has 1 aliphatic carbocycles. The number of pyridine rings is 1. The summed E-state index contributed by atoms with van der Waals surface area (Å²) in [6.07, 6.45) is 9.37. The molecule has 27 heavy (non-hydrogen) atoms. The van der Waals surface area contributed by atoms with Crippen molar-refractivity contribution in [3.63, 3.8) is 0 Å². The SMILES string of the molecule is Cc1cnc2[nH]cc(-c3ncc(F)c(N[C@H]4CCCC[C@@H]4N(C)C)n3)c2c1. The highest BCUT2D eigenvalue weighted by Crippen LogP contribution is 2.29. The molecular formula is C20H25FN6. The molecule has 0 spiro atoms. The number of hydrogen-bond donors (Lipinski definition) is 2. The van der Waals surface area contributed by atoms with Crippen LogP contribution in [0.1, 0.15) is 31.2 Å². The van der Waals surface area contributed by atoms with Gasteiger partial charge < -0.3 is 15.2 Å². The van der Waals surface area contributed by atoms with E-state index in [1.54, 1.807) is 0 Å². The van der Waals surface area contributed by atoms with Crippen molar-refractivity contribution in [3.05, 3.63) is 36.0 Å². The van der Waals surface area contributed by atoms with Crippen LogP contribution in [0.3, 0.4) is 0 Å². The minimum absolute atomic E-state index is 0.179. The van der Waals surface area contributed by atoms with Gasteiger partial charge in [0.05, 0.1) is 6.20 Å². The van der Waals surface area contributed by atoms with Crippen LogP contribution in [0.2, 0.25) is 0 Å². The fourth-order valence-corrected chi connectivity index (χ4v) is 3.96. The maximum absolute atomic E-state index is 14.5. The van der Waals surface area contributed by atoms with Crippen molar-refractivity contribution in [3.8, 4) is 11.4 Å². The highest BCUT2D eigenvalue weighted by atomic mass is 19.1. The average molecular weight is 368 g/mol. The van der Waals surface area contributed by atoms with Gasteiger partial charge in [-0.15, -0.1) is 0 Å². The molecule has 2 N–H and O–H groups in total. The summed E-state index contributed by atoms with van der Waals surface area (Å²) < 4.78 is 14.5. The van der Waals surface area contributed by atoms with Crippen molar-refractivity contribution < 1.29 is 4.39 Å². The maximum atomic E-state index is 14.5. The molecule has 142 valence electrons.